The largest absolute Gasteiger partial charge is 0.354 e. The van der Waals surface area contributed by atoms with Crippen LogP contribution in [0.5, 0.6) is 0 Å². The molecule has 1 unspecified atom stereocenters. The van der Waals surface area contributed by atoms with E-state index in [-0.39, 0.29) is 0 Å². The number of rotatable bonds is 1. The molecule has 3 nitrogen and oxygen atoms in total. The van der Waals surface area contributed by atoms with Gasteiger partial charge in [-0.1, -0.05) is 36.4 Å². The number of nitrogens with zero attached hydrogens (tertiary/aromatic N) is 2. The Kier molecular flexibility index (Phi) is 2.11. The van der Waals surface area contributed by atoms with E-state index in [2.05, 4.69) is 57.0 Å². The van der Waals surface area contributed by atoms with Crippen LogP contribution in [0.25, 0.3) is 21.8 Å². The zero-order valence-corrected chi connectivity index (χ0v) is 11.6. The summed E-state index contributed by atoms with van der Waals surface area (Å²) in [5, 5.41) is 2.63. The number of aromatic amines is 1. The van der Waals surface area contributed by atoms with Crippen LogP contribution >= 0.6 is 0 Å². The zero-order valence-electron chi connectivity index (χ0n) is 11.6. The molecule has 3 heterocycles. The summed E-state index contributed by atoms with van der Waals surface area (Å²) in [6, 6.07) is 15.2. The van der Waals surface area contributed by atoms with Crippen molar-refractivity contribution >= 4 is 21.8 Å². The third-order valence-corrected chi connectivity index (χ3v) is 4.71. The smallest absolute Gasteiger partial charge is 0.0948 e. The van der Waals surface area contributed by atoms with Crippen LogP contribution in [0.4, 0.5) is 0 Å². The summed E-state index contributed by atoms with van der Waals surface area (Å²) in [5.74, 6) is 0.448. The summed E-state index contributed by atoms with van der Waals surface area (Å²) in [6.45, 7) is 1.07. The molecular weight excluding hydrogens is 258 g/mol. The van der Waals surface area contributed by atoms with E-state index < -0.39 is 0 Å². The predicted octanol–water partition coefficient (Wildman–Crippen LogP) is 4.05. The third-order valence-electron chi connectivity index (χ3n) is 4.71. The third kappa shape index (κ3) is 1.46. The lowest BCUT2D eigenvalue weighted by molar-refractivity contribution is 0.715. The van der Waals surface area contributed by atoms with Gasteiger partial charge in [0.05, 0.1) is 11.8 Å². The van der Waals surface area contributed by atoms with Crippen LogP contribution in [-0.2, 0) is 6.54 Å². The van der Waals surface area contributed by atoms with Gasteiger partial charge in [-0.05, 0) is 18.1 Å². The normalized spacial score (nSPS) is 17.6. The Morgan fingerprint density at radius 3 is 2.95 bits per heavy atom. The molecule has 1 aliphatic rings. The second kappa shape index (κ2) is 3.98. The summed E-state index contributed by atoms with van der Waals surface area (Å²) >= 11 is 0. The van der Waals surface area contributed by atoms with Gasteiger partial charge in [0.15, 0.2) is 0 Å². The standard InChI is InChI=1S/C18H15N3/c1-2-7-16-12(4-1)14-5-3-6-15(18(14)20-16)13-8-9-21-11-19-10-17(13)21/h1-7,10-11,13,20H,8-9H2. The fourth-order valence-corrected chi connectivity index (χ4v) is 3.73. The highest BCUT2D eigenvalue weighted by Gasteiger charge is 2.26. The Morgan fingerprint density at radius 1 is 1.05 bits per heavy atom. The number of nitrogens with one attached hydrogen (secondary N) is 1. The maximum Gasteiger partial charge on any atom is 0.0948 e. The van der Waals surface area contributed by atoms with Crippen molar-refractivity contribution < 1.29 is 0 Å². The van der Waals surface area contributed by atoms with Crippen molar-refractivity contribution in [1.82, 2.24) is 14.5 Å². The summed E-state index contributed by atoms with van der Waals surface area (Å²) in [7, 11) is 0. The first-order valence-corrected chi connectivity index (χ1v) is 7.41. The molecule has 0 fully saturated rings. The van der Waals surface area contributed by atoms with Gasteiger partial charge in [0.2, 0.25) is 0 Å². The monoisotopic (exact) mass is 273 g/mol. The number of hydrogen-bond donors (Lipinski definition) is 1. The lowest BCUT2D eigenvalue weighted by Gasteiger charge is -2.10. The van der Waals surface area contributed by atoms with Gasteiger partial charge in [-0.15, -0.1) is 0 Å². The van der Waals surface area contributed by atoms with Crippen molar-refractivity contribution in [3.05, 3.63) is 66.2 Å². The minimum Gasteiger partial charge on any atom is -0.354 e. The molecular formula is C18H15N3. The first-order chi connectivity index (χ1) is 10.4. The molecule has 0 aliphatic carbocycles. The van der Waals surface area contributed by atoms with Crippen LogP contribution in [0.15, 0.2) is 55.0 Å². The van der Waals surface area contributed by atoms with Gasteiger partial charge in [-0.3, -0.25) is 0 Å². The average molecular weight is 273 g/mol. The van der Waals surface area contributed by atoms with E-state index in [0.29, 0.717) is 5.92 Å². The highest BCUT2D eigenvalue weighted by Crippen LogP contribution is 2.38. The van der Waals surface area contributed by atoms with E-state index in [9.17, 15) is 0 Å². The van der Waals surface area contributed by atoms with Crippen LogP contribution < -0.4 is 0 Å². The van der Waals surface area contributed by atoms with Crippen molar-refractivity contribution in [2.45, 2.75) is 18.9 Å². The fourth-order valence-electron chi connectivity index (χ4n) is 3.73. The van der Waals surface area contributed by atoms with Crippen LogP contribution in [0.2, 0.25) is 0 Å². The van der Waals surface area contributed by atoms with Crippen molar-refractivity contribution in [2.75, 3.05) is 0 Å². The van der Waals surface area contributed by atoms with Gasteiger partial charge in [0.25, 0.3) is 0 Å². The highest BCUT2D eigenvalue weighted by atomic mass is 15.1. The SMILES string of the molecule is c1ccc2c(c1)[nH]c1c(C3CCn4cncc43)cccc12. The quantitative estimate of drug-likeness (QED) is 0.557. The molecule has 1 N–H and O–H groups in total. The van der Waals surface area contributed by atoms with Gasteiger partial charge < -0.3 is 9.55 Å². The van der Waals surface area contributed by atoms with Crippen LogP contribution in [-0.4, -0.2) is 14.5 Å². The minimum atomic E-state index is 0.448. The van der Waals surface area contributed by atoms with Crippen LogP contribution in [0.3, 0.4) is 0 Å². The Balaban J connectivity index is 1.81. The minimum absolute atomic E-state index is 0.448. The van der Waals surface area contributed by atoms with E-state index in [4.69, 9.17) is 0 Å². The Morgan fingerprint density at radius 2 is 1.95 bits per heavy atom. The van der Waals surface area contributed by atoms with E-state index in [1.54, 1.807) is 0 Å². The number of aromatic nitrogens is 3. The van der Waals surface area contributed by atoms with E-state index in [1.807, 2.05) is 12.5 Å². The summed E-state index contributed by atoms with van der Waals surface area (Å²) in [4.78, 5) is 7.91. The number of benzene rings is 2. The summed E-state index contributed by atoms with van der Waals surface area (Å²) in [5.41, 5.74) is 5.22. The molecule has 0 radical (unpaired) electrons. The maximum absolute atomic E-state index is 4.30. The Hall–Kier alpha value is -2.55. The molecule has 4 aromatic rings. The molecule has 2 aromatic heterocycles. The number of hydrogen-bond acceptors (Lipinski definition) is 1. The number of fused-ring (bicyclic) bond motifs is 4. The van der Waals surface area contributed by atoms with Gasteiger partial charge in [-0.25, -0.2) is 4.98 Å². The molecule has 1 atom stereocenters. The molecule has 0 saturated carbocycles. The number of imidazole rings is 1. The molecule has 0 amide bonds. The predicted molar refractivity (Wildman–Crippen MR) is 84.5 cm³/mol. The molecule has 0 bridgehead atoms. The van der Waals surface area contributed by atoms with Gasteiger partial charge >= 0.3 is 0 Å². The van der Waals surface area contributed by atoms with E-state index >= 15 is 0 Å². The first-order valence-electron chi connectivity index (χ1n) is 7.41. The zero-order chi connectivity index (χ0) is 13.8. The van der Waals surface area contributed by atoms with Crippen molar-refractivity contribution in [3.63, 3.8) is 0 Å². The van der Waals surface area contributed by atoms with E-state index in [0.717, 1.165) is 13.0 Å². The molecule has 0 saturated heterocycles. The van der Waals surface area contributed by atoms with E-state index in [1.165, 1.54) is 33.1 Å². The highest BCUT2D eigenvalue weighted by molar-refractivity contribution is 6.08. The molecule has 5 rings (SSSR count). The number of H-pyrrole nitrogens is 1. The topological polar surface area (TPSA) is 33.6 Å². The Labute approximate surface area is 122 Å². The summed E-state index contributed by atoms with van der Waals surface area (Å²) in [6.07, 6.45) is 5.12. The second-order valence-electron chi connectivity index (χ2n) is 5.79. The second-order valence-corrected chi connectivity index (χ2v) is 5.79. The number of para-hydroxylation sites is 2. The lowest BCUT2D eigenvalue weighted by atomic mass is 9.93. The molecule has 3 heteroatoms. The average Bonchev–Trinajstić information content (AvgIpc) is 3.20. The van der Waals surface area contributed by atoms with Gasteiger partial charge in [0.1, 0.15) is 0 Å². The maximum atomic E-state index is 4.30. The molecule has 21 heavy (non-hydrogen) atoms. The van der Waals surface area contributed by atoms with Crippen LogP contribution in [0, 0.1) is 0 Å². The molecule has 2 aromatic carbocycles. The molecule has 1 aliphatic heterocycles. The summed E-state index contributed by atoms with van der Waals surface area (Å²) < 4.78 is 2.27. The number of aryl methyl sites for hydroxylation is 1. The van der Waals surface area contributed by atoms with Crippen molar-refractivity contribution in [1.29, 1.82) is 0 Å². The van der Waals surface area contributed by atoms with Crippen molar-refractivity contribution in [2.24, 2.45) is 0 Å². The van der Waals surface area contributed by atoms with Gasteiger partial charge in [0, 0.05) is 40.6 Å². The fraction of sp³-hybridized carbons (Fsp3) is 0.167. The molecule has 102 valence electrons. The first kappa shape index (κ1) is 11.1. The van der Waals surface area contributed by atoms with Crippen molar-refractivity contribution in [3.8, 4) is 0 Å². The lowest BCUT2D eigenvalue weighted by Crippen LogP contribution is -1.97. The Bertz CT molecular complexity index is 961. The van der Waals surface area contributed by atoms with Crippen LogP contribution in [0.1, 0.15) is 23.6 Å². The molecule has 0 spiro atoms. The van der Waals surface area contributed by atoms with Gasteiger partial charge in [-0.2, -0.15) is 0 Å².